The van der Waals surface area contributed by atoms with Crippen molar-refractivity contribution in [2.75, 3.05) is 31.2 Å². The Morgan fingerprint density at radius 1 is 1.10 bits per heavy atom. The van der Waals surface area contributed by atoms with Crippen LogP contribution in [0.3, 0.4) is 0 Å². The SMILES string of the molecule is CCCCc1nc2c(N)nc3cc([PH](O)(CC)CC)ccc3c2n1OCCCCN. The van der Waals surface area contributed by atoms with Gasteiger partial charge in [-0.05, 0) is 0 Å². The van der Waals surface area contributed by atoms with Crippen molar-refractivity contribution in [1.29, 1.82) is 0 Å². The third kappa shape index (κ3) is 4.39. The van der Waals surface area contributed by atoms with Gasteiger partial charge in [0, 0.05) is 0 Å². The normalized spacial score (nSPS) is 12.7. The monoisotopic (exact) mass is 433 g/mol. The third-order valence-electron chi connectivity index (χ3n) is 5.92. The molecule has 0 fully saturated rings. The van der Waals surface area contributed by atoms with Crippen molar-refractivity contribution in [1.82, 2.24) is 14.7 Å². The Morgan fingerprint density at radius 2 is 1.87 bits per heavy atom. The van der Waals surface area contributed by atoms with Gasteiger partial charge in [0.1, 0.15) is 0 Å². The van der Waals surface area contributed by atoms with Crippen molar-refractivity contribution in [2.45, 2.75) is 52.9 Å². The zero-order valence-corrected chi connectivity index (χ0v) is 19.4. The second kappa shape index (κ2) is 9.90. The predicted molar refractivity (Wildman–Crippen MR) is 129 cm³/mol. The van der Waals surface area contributed by atoms with Gasteiger partial charge in [0.25, 0.3) is 0 Å². The number of anilines is 1. The van der Waals surface area contributed by atoms with Gasteiger partial charge in [-0.1, -0.05) is 0 Å². The number of unbranched alkanes of at least 4 members (excludes halogenated alkanes) is 2. The topological polar surface area (TPSA) is 112 Å². The van der Waals surface area contributed by atoms with Crippen LogP contribution in [0, 0.1) is 0 Å². The van der Waals surface area contributed by atoms with Gasteiger partial charge in [0.05, 0.1) is 0 Å². The van der Waals surface area contributed by atoms with Crippen LogP contribution in [0.15, 0.2) is 18.2 Å². The van der Waals surface area contributed by atoms with E-state index >= 15 is 0 Å². The summed E-state index contributed by atoms with van der Waals surface area (Å²) in [6, 6.07) is 6.08. The van der Waals surface area contributed by atoms with Crippen LogP contribution in [-0.2, 0) is 6.42 Å². The molecule has 0 bridgehead atoms. The first kappa shape index (κ1) is 22.7. The molecule has 0 saturated heterocycles. The number of fused-ring (bicyclic) bond motifs is 3. The fourth-order valence-corrected chi connectivity index (χ4v) is 5.97. The van der Waals surface area contributed by atoms with Crippen molar-refractivity contribution in [2.24, 2.45) is 5.73 Å². The molecule has 8 heteroatoms. The first-order chi connectivity index (χ1) is 14.5. The number of aryl methyl sites for hydroxylation is 1. The second-order valence-corrected chi connectivity index (χ2v) is 12.0. The molecule has 30 heavy (non-hydrogen) atoms. The van der Waals surface area contributed by atoms with E-state index in [2.05, 4.69) is 25.8 Å². The fourth-order valence-electron chi connectivity index (χ4n) is 3.86. The molecular weight excluding hydrogens is 397 g/mol. The van der Waals surface area contributed by atoms with E-state index in [1.165, 1.54) is 0 Å². The molecule has 2 heterocycles. The summed E-state index contributed by atoms with van der Waals surface area (Å²) in [4.78, 5) is 26.7. The summed E-state index contributed by atoms with van der Waals surface area (Å²) in [5, 5.41) is 1.94. The average molecular weight is 434 g/mol. The number of nitrogens with zero attached hydrogens (tertiary/aromatic N) is 3. The van der Waals surface area contributed by atoms with E-state index in [0.29, 0.717) is 24.5 Å². The van der Waals surface area contributed by atoms with Crippen LogP contribution in [-0.4, -0.2) is 45.1 Å². The second-order valence-electron chi connectivity index (χ2n) is 7.92. The van der Waals surface area contributed by atoms with E-state index < -0.39 is 7.49 Å². The molecule has 0 amide bonds. The number of hydrogen-bond acceptors (Lipinski definition) is 6. The Bertz CT molecular complexity index is 1000. The van der Waals surface area contributed by atoms with Crippen molar-refractivity contribution < 1.29 is 9.73 Å². The summed E-state index contributed by atoms with van der Waals surface area (Å²) in [5.41, 5.74) is 14.3. The van der Waals surface area contributed by atoms with E-state index in [1.807, 2.05) is 22.9 Å². The molecule has 0 aliphatic carbocycles. The average Bonchev–Trinajstić information content (AvgIpc) is 3.13. The van der Waals surface area contributed by atoms with Crippen LogP contribution >= 0.6 is 7.49 Å². The number of benzene rings is 1. The Labute approximate surface area is 179 Å². The first-order valence-electron chi connectivity index (χ1n) is 11.2. The molecule has 0 spiro atoms. The van der Waals surface area contributed by atoms with Crippen molar-refractivity contribution in [3.8, 4) is 0 Å². The third-order valence-corrected chi connectivity index (χ3v) is 9.64. The molecule has 0 aliphatic heterocycles. The fraction of sp³-hybridized carbons (Fsp3) is 0.545. The molecule has 0 saturated carbocycles. The van der Waals surface area contributed by atoms with Crippen LogP contribution in [0.2, 0.25) is 0 Å². The van der Waals surface area contributed by atoms with Gasteiger partial charge in [-0.15, -0.1) is 0 Å². The molecule has 5 N–H and O–H groups in total. The Balaban J connectivity index is 2.16. The quantitative estimate of drug-likeness (QED) is 0.317. The Kier molecular flexibility index (Phi) is 7.50. The number of nitrogen functional groups attached to an aromatic ring is 1. The summed E-state index contributed by atoms with van der Waals surface area (Å²) in [7, 11) is -2.48. The summed E-state index contributed by atoms with van der Waals surface area (Å²) in [6.45, 7) is 7.49. The van der Waals surface area contributed by atoms with Crippen LogP contribution in [0.5, 0.6) is 0 Å². The minimum absolute atomic E-state index is 0.398. The Hall–Kier alpha value is -1.95. The number of hydrogen-bond donors (Lipinski definition) is 3. The zero-order chi connectivity index (χ0) is 21.7. The van der Waals surface area contributed by atoms with E-state index in [1.54, 1.807) is 0 Å². The number of aromatic nitrogens is 3. The van der Waals surface area contributed by atoms with E-state index in [0.717, 1.165) is 72.0 Å². The molecule has 0 aliphatic rings. The van der Waals surface area contributed by atoms with Crippen LogP contribution in [0.4, 0.5) is 5.82 Å². The van der Waals surface area contributed by atoms with Crippen molar-refractivity contribution in [3.63, 3.8) is 0 Å². The van der Waals surface area contributed by atoms with Gasteiger partial charge in [-0.25, -0.2) is 0 Å². The van der Waals surface area contributed by atoms with Gasteiger partial charge in [-0.2, -0.15) is 0 Å². The minimum atomic E-state index is -2.48. The van der Waals surface area contributed by atoms with Gasteiger partial charge in [0.15, 0.2) is 0 Å². The van der Waals surface area contributed by atoms with Crippen LogP contribution in [0.25, 0.3) is 21.9 Å². The molecule has 3 aromatic rings. The number of rotatable bonds is 11. The molecule has 7 nitrogen and oxygen atoms in total. The molecule has 0 radical (unpaired) electrons. The summed E-state index contributed by atoms with van der Waals surface area (Å²) < 4.78 is 1.85. The van der Waals surface area contributed by atoms with Crippen molar-refractivity contribution in [3.05, 3.63) is 24.0 Å². The van der Waals surface area contributed by atoms with Gasteiger partial charge in [0.2, 0.25) is 0 Å². The zero-order valence-electron chi connectivity index (χ0n) is 18.4. The van der Waals surface area contributed by atoms with Crippen LogP contribution in [0.1, 0.15) is 52.3 Å². The number of imidazole rings is 1. The predicted octanol–water partition coefficient (Wildman–Crippen LogP) is 3.00. The van der Waals surface area contributed by atoms with E-state index in [-0.39, 0.29) is 0 Å². The molecule has 1 aromatic carbocycles. The van der Waals surface area contributed by atoms with E-state index in [9.17, 15) is 4.89 Å². The molecule has 0 unspecified atom stereocenters. The summed E-state index contributed by atoms with van der Waals surface area (Å²) in [6.07, 6.45) is 6.27. The van der Waals surface area contributed by atoms with Crippen LogP contribution < -0.4 is 21.6 Å². The molecule has 166 valence electrons. The molecule has 2 aromatic heterocycles. The maximum atomic E-state index is 11.1. The molecule has 0 atom stereocenters. The first-order valence-corrected chi connectivity index (χ1v) is 13.5. The van der Waals surface area contributed by atoms with Gasteiger partial charge in [-0.3, -0.25) is 0 Å². The van der Waals surface area contributed by atoms with Gasteiger partial charge < -0.3 is 0 Å². The number of nitrogens with two attached hydrogens (primary N) is 2. The van der Waals surface area contributed by atoms with Gasteiger partial charge >= 0.3 is 179 Å². The standard InChI is InChI=1S/C22H36N5O2P/c1-4-7-10-19-26-20-21(27(19)29-14-9-8-13-23)17-12-11-16(30(28,5-2)6-3)15-18(17)25-22(20)24/h11-12,15,28,30H,4-10,13-14,23H2,1-3H3,(H2,24,25). The summed E-state index contributed by atoms with van der Waals surface area (Å²) >= 11 is 0. The van der Waals surface area contributed by atoms with E-state index in [4.69, 9.17) is 21.3 Å². The molecule has 3 rings (SSSR count). The summed E-state index contributed by atoms with van der Waals surface area (Å²) in [5.74, 6) is 1.27. The van der Waals surface area contributed by atoms with Crippen molar-refractivity contribution >= 4 is 40.5 Å². The maximum absolute atomic E-state index is 11.1. The Morgan fingerprint density at radius 3 is 2.53 bits per heavy atom. The molecular formula is C22H36N5O2P. The number of pyridine rings is 1.